The van der Waals surface area contributed by atoms with E-state index in [4.69, 9.17) is 4.74 Å². The van der Waals surface area contributed by atoms with Crippen LogP contribution in [0.25, 0.3) is 0 Å². The normalized spacial score (nSPS) is 16.8. The third-order valence-corrected chi connectivity index (χ3v) is 4.40. The van der Waals surface area contributed by atoms with E-state index in [-0.39, 0.29) is 5.75 Å². The van der Waals surface area contributed by atoms with E-state index >= 15 is 0 Å². The molecule has 0 fully saturated rings. The predicted octanol–water partition coefficient (Wildman–Crippen LogP) is 3.97. The molecule has 8 heteroatoms. The van der Waals surface area contributed by atoms with Crippen LogP contribution in [0.3, 0.4) is 0 Å². The summed E-state index contributed by atoms with van der Waals surface area (Å²) in [6.45, 7) is 2.47. The number of alkyl halides is 3. The summed E-state index contributed by atoms with van der Waals surface area (Å²) in [5.74, 6) is 0.171. The number of halogens is 3. The Morgan fingerprint density at radius 2 is 1.96 bits per heavy atom. The van der Waals surface area contributed by atoms with Gasteiger partial charge in [0, 0.05) is 6.42 Å². The van der Waals surface area contributed by atoms with Crippen molar-refractivity contribution >= 4 is 10.1 Å². The molecule has 0 bridgehead atoms. The molecule has 1 aromatic rings. The van der Waals surface area contributed by atoms with Gasteiger partial charge in [0.05, 0.1) is 6.61 Å². The Kier molecular flexibility index (Phi) is 5.23. The van der Waals surface area contributed by atoms with E-state index in [9.17, 15) is 21.6 Å². The number of rotatable bonds is 2. The van der Waals surface area contributed by atoms with Crippen LogP contribution in [0.4, 0.5) is 13.2 Å². The average Bonchev–Trinajstić information content (AvgIpc) is 2.44. The summed E-state index contributed by atoms with van der Waals surface area (Å²) in [5, 5.41) is 0. The molecule has 0 atom stereocenters. The third kappa shape index (κ3) is 4.63. The highest BCUT2D eigenvalue weighted by Gasteiger charge is 2.48. The summed E-state index contributed by atoms with van der Waals surface area (Å²) in [4.78, 5) is 0. The number of fused-ring (bicyclic) bond motifs is 1. The summed E-state index contributed by atoms with van der Waals surface area (Å²) in [6.07, 6.45) is 5.05. The lowest BCUT2D eigenvalue weighted by atomic mass is 10.0. The summed E-state index contributed by atoms with van der Waals surface area (Å²) in [6, 6.07) is 3.89. The predicted molar refractivity (Wildman–Crippen MR) is 78.9 cm³/mol. The molecule has 4 nitrogen and oxygen atoms in total. The van der Waals surface area contributed by atoms with Crippen molar-refractivity contribution in [3.8, 4) is 11.5 Å². The molecule has 0 saturated heterocycles. The Labute approximate surface area is 133 Å². The van der Waals surface area contributed by atoms with Crippen molar-refractivity contribution in [1.29, 1.82) is 0 Å². The van der Waals surface area contributed by atoms with Crippen molar-refractivity contribution in [2.24, 2.45) is 0 Å². The van der Waals surface area contributed by atoms with Crippen LogP contribution >= 0.6 is 0 Å². The largest absolute Gasteiger partial charge is 0.534 e. The van der Waals surface area contributed by atoms with E-state index in [2.05, 4.69) is 10.3 Å². The van der Waals surface area contributed by atoms with Crippen LogP contribution in [0.15, 0.2) is 29.8 Å². The second kappa shape index (κ2) is 6.82. The van der Waals surface area contributed by atoms with Crippen molar-refractivity contribution < 1.29 is 30.5 Å². The molecular formula is C15H17F3O4S. The van der Waals surface area contributed by atoms with Crippen LogP contribution in [0.5, 0.6) is 11.5 Å². The van der Waals surface area contributed by atoms with E-state index in [0.29, 0.717) is 24.3 Å². The van der Waals surface area contributed by atoms with Gasteiger partial charge in [0.1, 0.15) is 11.5 Å². The first-order chi connectivity index (χ1) is 10.7. The maximum Gasteiger partial charge on any atom is 0.534 e. The molecule has 1 aromatic carbocycles. The van der Waals surface area contributed by atoms with Gasteiger partial charge in [-0.3, -0.25) is 0 Å². The summed E-state index contributed by atoms with van der Waals surface area (Å²) in [5.41, 5.74) is -3.59. The molecule has 23 heavy (non-hydrogen) atoms. The van der Waals surface area contributed by atoms with E-state index in [1.165, 1.54) is 17.7 Å². The molecule has 0 radical (unpaired) electrons. The van der Waals surface area contributed by atoms with E-state index in [1.807, 2.05) is 6.92 Å². The SMILES string of the molecule is CC1=CCCCc2cc(OS(=O)(=O)C(F)(F)F)ccc2OCC1. The minimum Gasteiger partial charge on any atom is -0.493 e. The van der Waals surface area contributed by atoms with E-state index in [0.717, 1.165) is 25.3 Å². The van der Waals surface area contributed by atoms with Crippen molar-refractivity contribution in [2.45, 2.75) is 38.1 Å². The number of hydrogen-bond donors (Lipinski definition) is 0. The summed E-state index contributed by atoms with van der Waals surface area (Å²) < 4.78 is 69.0. The minimum atomic E-state index is -5.66. The Bertz CT molecular complexity index is 693. The molecule has 0 spiro atoms. The van der Waals surface area contributed by atoms with Gasteiger partial charge in [-0.15, -0.1) is 0 Å². The number of ether oxygens (including phenoxy) is 1. The molecule has 0 saturated carbocycles. The van der Waals surface area contributed by atoms with Crippen LogP contribution in [-0.4, -0.2) is 20.5 Å². The lowest BCUT2D eigenvalue weighted by molar-refractivity contribution is -0.0500. The van der Waals surface area contributed by atoms with Crippen LogP contribution in [-0.2, 0) is 16.5 Å². The number of allylic oxidation sites excluding steroid dienone is 1. The zero-order valence-corrected chi connectivity index (χ0v) is 13.3. The van der Waals surface area contributed by atoms with Crippen LogP contribution < -0.4 is 8.92 Å². The molecule has 1 heterocycles. The Morgan fingerprint density at radius 1 is 1.22 bits per heavy atom. The molecule has 0 aromatic heterocycles. The number of benzene rings is 1. The van der Waals surface area contributed by atoms with E-state index in [1.54, 1.807) is 0 Å². The zero-order chi connectivity index (χ0) is 17.1. The maximum absolute atomic E-state index is 12.4. The highest BCUT2D eigenvalue weighted by molar-refractivity contribution is 7.88. The Balaban J connectivity index is 2.22. The monoisotopic (exact) mass is 350 g/mol. The van der Waals surface area contributed by atoms with Gasteiger partial charge in [-0.2, -0.15) is 21.6 Å². The fourth-order valence-corrected chi connectivity index (χ4v) is 2.63. The molecule has 0 N–H and O–H groups in total. The van der Waals surface area contributed by atoms with Gasteiger partial charge < -0.3 is 8.92 Å². The lowest BCUT2D eigenvalue weighted by Crippen LogP contribution is -2.28. The smallest absolute Gasteiger partial charge is 0.493 e. The van der Waals surface area contributed by atoms with Gasteiger partial charge >= 0.3 is 15.6 Å². The molecule has 1 aliphatic heterocycles. The maximum atomic E-state index is 12.4. The van der Waals surface area contributed by atoms with Crippen molar-refractivity contribution in [3.05, 3.63) is 35.4 Å². The quantitative estimate of drug-likeness (QED) is 0.460. The highest BCUT2D eigenvalue weighted by Crippen LogP contribution is 2.31. The van der Waals surface area contributed by atoms with Crippen molar-refractivity contribution in [1.82, 2.24) is 0 Å². The first-order valence-corrected chi connectivity index (χ1v) is 8.52. The average molecular weight is 350 g/mol. The Hall–Kier alpha value is -1.70. The molecule has 0 amide bonds. The first-order valence-electron chi connectivity index (χ1n) is 7.11. The van der Waals surface area contributed by atoms with Crippen molar-refractivity contribution in [3.63, 3.8) is 0 Å². The van der Waals surface area contributed by atoms with Gasteiger partial charge in [-0.05, 0) is 49.9 Å². The van der Waals surface area contributed by atoms with Crippen LogP contribution in [0.2, 0.25) is 0 Å². The van der Waals surface area contributed by atoms with Gasteiger partial charge in [0.25, 0.3) is 0 Å². The summed E-state index contributed by atoms with van der Waals surface area (Å²) in [7, 11) is -5.66. The van der Waals surface area contributed by atoms with Gasteiger partial charge in [-0.25, -0.2) is 0 Å². The van der Waals surface area contributed by atoms with Crippen molar-refractivity contribution in [2.75, 3.05) is 6.61 Å². The van der Waals surface area contributed by atoms with Gasteiger partial charge in [-0.1, -0.05) is 11.6 Å². The first kappa shape index (κ1) is 17.7. The molecular weight excluding hydrogens is 333 g/mol. The van der Waals surface area contributed by atoms with Crippen LogP contribution in [0, 0.1) is 0 Å². The standard InChI is InChI=1S/C15H17F3O4S/c1-11-4-2-3-5-12-10-13(6-7-14(12)21-9-8-11)22-23(19,20)15(16,17)18/h4,6-7,10H,2-3,5,8-9H2,1H3. The molecule has 2 rings (SSSR count). The van der Waals surface area contributed by atoms with Crippen LogP contribution in [0.1, 0.15) is 31.7 Å². The molecule has 1 aliphatic rings. The van der Waals surface area contributed by atoms with Gasteiger partial charge in [0.15, 0.2) is 0 Å². The third-order valence-electron chi connectivity index (χ3n) is 3.42. The second-order valence-electron chi connectivity index (χ2n) is 5.29. The number of aryl methyl sites for hydroxylation is 1. The zero-order valence-electron chi connectivity index (χ0n) is 12.5. The fourth-order valence-electron chi connectivity index (χ4n) is 2.18. The Morgan fingerprint density at radius 3 is 2.65 bits per heavy atom. The molecule has 128 valence electrons. The highest BCUT2D eigenvalue weighted by atomic mass is 32.2. The molecule has 0 unspecified atom stereocenters. The van der Waals surface area contributed by atoms with Gasteiger partial charge in [0.2, 0.25) is 0 Å². The second-order valence-corrected chi connectivity index (χ2v) is 6.83. The lowest BCUT2D eigenvalue weighted by Gasteiger charge is -2.15. The van der Waals surface area contributed by atoms with E-state index < -0.39 is 15.6 Å². The number of hydrogen-bond acceptors (Lipinski definition) is 4. The fraction of sp³-hybridized carbons (Fsp3) is 0.467. The summed E-state index contributed by atoms with van der Waals surface area (Å²) >= 11 is 0. The minimum absolute atomic E-state index is 0.367. The molecule has 0 aliphatic carbocycles. The topological polar surface area (TPSA) is 52.6 Å².